The number of ether oxygens (including phenoxy) is 1. The molecule has 1 aromatic carbocycles. The summed E-state index contributed by atoms with van der Waals surface area (Å²) in [5.74, 6) is 0.531. The number of anilines is 1. The Morgan fingerprint density at radius 2 is 2.31 bits per heavy atom. The van der Waals surface area contributed by atoms with Crippen LogP contribution >= 0.6 is 11.6 Å². The van der Waals surface area contributed by atoms with Crippen LogP contribution in [0.1, 0.15) is 6.42 Å². The molecule has 4 nitrogen and oxygen atoms in total. The molecule has 0 atom stereocenters. The highest BCUT2D eigenvalue weighted by atomic mass is 35.5. The molecule has 1 aliphatic rings. The van der Waals surface area contributed by atoms with E-state index in [0.29, 0.717) is 23.9 Å². The molecular weight excluding hydrogens is 228 g/mol. The summed E-state index contributed by atoms with van der Waals surface area (Å²) in [5, 5.41) is 0.530. The Bertz CT molecular complexity index is 409. The number of carbonyl (C=O) groups excluding carboxylic acids is 1. The van der Waals surface area contributed by atoms with Crippen LogP contribution in [-0.4, -0.2) is 25.6 Å². The maximum atomic E-state index is 11.7. The quantitative estimate of drug-likeness (QED) is 0.869. The SMILES string of the molecule is NCCCN1C(=O)COc2c(Cl)cccc21. The van der Waals surface area contributed by atoms with E-state index in [0.717, 1.165) is 12.1 Å². The molecule has 1 amide bonds. The summed E-state index contributed by atoms with van der Waals surface area (Å²) in [6, 6.07) is 5.38. The van der Waals surface area contributed by atoms with Gasteiger partial charge in [0.05, 0.1) is 10.7 Å². The number of rotatable bonds is 3. The minimum atomic E-state index is -0.0526. The Morgan fingerprint density at radius 3 is 3.06 bits per heavy atom. The van der Waals surface area contributed by atoms with Gasteiger partial charge in [-0.3, -0.25) is 4.79 Å². The van der Waals surface area contributed by atoms with Crippen molar-refractivity contribution in [2.24, 2.45) is 5.73 Å². The molecule has 0 unspecified atom stereocenters. The summed E-state index contributed by atoms with van der Waals surface area (Å²) in [4.78, 5) is 13.4. The second-order valence-electron chi connectivity index (χ2n) is 3.56. The van der Waals surface area contributed by atoms with E-state index in [-0.39, 0.29) is 12.5 Å². The average Bonchev–Trinajstić information content (AvgIpc) is 2.28. The van der Waals surface area contributed by atoms with Crippen LogP contribution in [0, 0.1) is 0 Å². The fraction of sp³-hybridized carbons (Fsp3) is 0.364. The standard InChI is InChI=1S/C11H13ClN2O2/c12-8-3-1-4-9-11(8)16-7-10(15)14(9)6-2-5-13/h1,3-4H,2,5-7,13H2. The topological polar surface area (TPSA) is 55.6 Å². The van der Waals surface area contributed by atoms with Crippen LogP contribution in [0.25, 0.3) is 0 Å². The number of halogens is 1. The molecule has 0 aliphatic carbocycles. The first-order chi connectivity index (χ1) is 7.74. The molecule has 0 spiro atoms. The minimum Gasteiger partial charge on any atom is -0.480 e. The number of benzene rings is 1. The van der Waals surface area contributed by atoms with Gasteiger partial charge in [0.15, 0.2) is 12.4 Å². The molecule has 1 aromatic rings. The summed E-state index contributed by atoms with van der Waals surface area (Å²) in [6.07, 6.45) is 0.762. The summed E-state index contributed by atoms with van der Waals surface area (Å²) in [5.41, 5.74) is 6.18. The van der Waals surface area contributed by atoms with Crippen molar-refractivity contribution >= 4 is 23.2 Å². The van der Waals surface area contributed by atoms with Crippen LogP contribution in [0.15, 0.2) is 18.2 Å². The van der Waals surface area contributed by atoms with Crippen LogP contribution < -0.4 is 15.4 Å². The van der Waals surface area contributed by atoms with Gasteiger partial charge in [-0.2, -0.15) is 0 Å². The Morgan fingerprint density at radius 1 is 1.50 bits per heavy atom. The Labute approximate surface area is 98.9 Å². The van der Waals surface area contributed by atoms with Gasteiger partial charge in [-0.05, 0) is 25.1 Å². The van der Waals surface area contributed by atoms with Gasteiger partial charge in [-0.25, -0.2) is 0 Å². The van der Waals surface area contributed by atoms with E-state index in [9.17, 15) is 4.79 Å². The lowest BCUT2D eigenvalue weighted by molar-refractivity contribution is -0.121. The average molecular weight is 241 g/mol. The summed E-state index contributed by atoms with van der Waals surface area (Å²) < 4.78 is 5.32. The van der Waals surface area contributed by atoms with Crippen LogP contribution in [0.4, 0.5) is 5.69 Å². The molecule has 0 fully saturated rings. The molecule has 0 saturated carbocycles. The van der Waals surface area contributed by atoms with E-state index < -0.39 is 0 Å². The predicted molar refractivity (Wildman–Crippen MR) is 63.0 cm³/mol. The molecular formula is C11H13ClN2O2. The van der Waals surface area contributed by atoms with E-state index in [2.05, 4.69) is 0 Å². The molecule has 0 bridgehead atoms. The van der Waals surface area contributed by atoms with Crippen molar-refractivity contribution in [1.82, 2.24) is 0 Å². The predicted octanol–water partition coefficient (Wildman–Crippen LogP) is 1.41. The Kier molecular flexibility index (Phi) is 3.31. The second-order valence-corrected chi connectivity index (χ2v) is 3.97. The normalized spacial score (nSPS) is 14.6. The molecule has 0 radical (unpaired) electrons. The van der Waals surface area contributed by atoms with Crippen molar-refractivity contribution < 1.29 is 9.53 Å². The van der Waals surface area contributed by atoms with Gasteiger partial charge in [0.2, 0.25) is 0 Å². The van der Waals surface area contributed by atoms with Crippen LogP contribution in [0.2, 0.25) is 5.02 Å². The molecule has 16 heavy (non-hydrogen) atoms. The molecule has 2 N–H and O–H groups in total. The number of para-hydroxylation sites is 1. The first-order valence-corrected chi connectivity index (χ1v) is 5.53. The summed E-state index contributed by atoms with van der Waals surface area (Å²) >= 11 is 6.00. The number of hydrogen-bond acceptors (Lipinski definition) is 3. The van der Waals surface area contributed by atoms with Gasteiger partial charge in [-0.15, -0.1) is 0 Å². The largest absolute Gasteiger partial charge is 0.480 e. The van der Waals surface area contributed by atoms with Crippen molar-refractivity contribution in [3.63, 3.8) is 0 Å². The zero-order valence-electron chi connectivity index (χ0n) is 8.78. The molecule has 86 valence electrons. The van der Waals surface area contributed by atoms with Crippen LogP contribution in [0.3, 0.4) is 0 Å². The fourth-order valence-electron chi connectivity index (χ4n) is 1.69. The van der Waals surface area contributed by atoms with Crippen molar-refractivity contribution in [2.45, 2.75) is 6.42 Å². The monoisotopic (exact) mass is 240 g/mol. The van der Waals surface area contributed by atoms with E-state index in [1.54, 1.807) is 17.0 Å². The molecule has 1 aliphatic heterocycles. The van der Waals surface area contributed by atoms with Gasteiger partial charge in [0.1, 0.15) is 0 Å². The van der Waals surface area contributed by atoms with Crippen LogP contribution in [0.5, 0.6) is 5.75 Å². The van der Waals surface area contributed by atoms with Gasteiger partial charge in [-0.1, -0.05) is 17.7 Å². The number of hydrogen-bond donors (Lipinski definition) is 1. The lowest BCUT2D eigenvalue weighted by Gasteiger charge is -2.29. The number of fused-ring (bicyclic) bond motifs is 1. The molecule has 2 rings (SSSR count). The van der Waals surface area contributed by atoms with Crippen molar-refractivity contribution in [3.8, 4) is 5.75 Å². The van der Waals surface area contributed by atoms with E-state index >= 15 is 0 Å². The van der Waals surface area contributed by atoms with E-state index in [4.69, 9.17) is 22.1 Å². The maximum absolute atomic E-state index is 11.7. The van der Waals surface area contributed by atoms with Crippen LogP contribution in [-0.2, 0) is 4.79 Å². The highest BCUT2D eigenvalue weighted by Gasteiger charge is 2.26. The first kappa shape index (κ1) is 11.2. The third-order valence-electron chi connectivity index (χ3n) is 2.46. The van der Waals surface area contributed by atoms with E-state index in [1.165, 1.54) is 0 Å². The summed E-state index contributed by atoms with van der Waals surface area (Å²) in [6.45, 7) is 1.20. The second kappa shape index (κ2) is 4.72. The van der Waals surface area contributed by atoms with E-state index in [1.807, 2.05) is 6.07 Å². The molecule has 5 heteroatoms. The maximum Gasteiger partial charge on any atom is 0.265 e. The third kappa shape index (κ3) is 1.99. The lowest BCUT2D eigenvalue weighted by atomic mass is 10.2. The van der Waals surface area contributed by atoms with Gasteiger partial charge in [0.25, 0.3) is 5.91 Å². The molecule has 0 aromatic heterocycles. The van der Waals surface area contributed by atoms with Gasteiger partial charge >= 0.3 is 0 Å². The Balaban J connectivity index is 2.32. The van der Waals surface area contributed by atoms with Gasteiger partial charge < -0.3 is 15.4 Å². The number of nitrogens with two attached hydrogens (primary N) is 1. The van der Waals surface area contributed by atoms with Crippen molar-refractivity contribution in [1.29, 1.82) is 0 Å². The molecule has 1 heterocycles. The minimum absolute atomic E-state index is 0.0430. The van der Waals surface area contributed by atoms with Gasteiger partial charge in [0, 0.05) is 6.54 Å². The Hall–Kier alpha value is -1.26. The first-order valence-electron chi connectivity index (χ1n) is 5.16. The highest BCUT2D eigenvalue weighted by Crippen LogP contribution is 2.37. The highest BCUT2D eigenvalue weighted by molar-refractivity contribution is 6.32. The zero-order valence-corrected chi connectivity index (χ0v) is 9.54. The summed E-state index contributed by atoms with van der Waals surface area (Å²) in [7, 11) is 0. The zero-order chi connectivity index (χ0) is 11.5. The fourth-order valence-corrected chi connectivity index (χ4v) is 1.92. The van der Waals surface area contributed by atoms with Crippen molar-refractivity contribution in [2.75, 3.05) is 24.6 Å². The number of nitrogens with zero attached hydrogens (tertiary/aromatic N) is 1. The smallest absolute Gasteiger partial charge is 0.265 e. The lowest BCUT2D eigenvalue weighted by Crippen LogP contribution is -2.40. The number of amides is 1. The number of carbonyl (C=O) groups is 1. The third-order valence-corrected chi connectivity index (χ3v) is 2.76. The molecule has 0 saturated heterocycles. The van der Waals surface area contributed by atoms with Crippen molar-refractivity contribution in [3.05, 3.63) is 23.2 Å².